The maximum atomic E-state index is 11.0. The molecule has 3 saturated carbocycles. The third-order valence-electron chi connectivity index (χ3n) is 11.3. The quantitative estimate of drug-likeness (QED) is 0.474. The van der Waals surface area contributed by atoms with E-state index in [0.717, 1.165) is 44.4 Å². The normalized spacial score (nSPS) is 39.1. The topological polar surface area (TPSA) is 51.2 Å². The number of ether oxygens (including phenoxy) is 3. The summed E-state index contributed by atoms with van der Waals surface area (Å²) in [6.07, 6.45) is 5.13. The van der Waals surface area contributed by atoms with Crippen LogP contribution in [0.3, 0.4) is 0 Å². The van der Waals surface area contributed by atoms with E-state index in [4.69, 9.17) is 14.2 Å². The molecule has 5 nitrogen and oxygen atoms in total. The first-order chi connectivity index (χ1) is 17.9. The lowest BCUT2D eigenvalue weighted by atomic mass is 9.32. The predicted molar refractivity (Wildman–Crippen MR) is 145 cm³/mol. The summed E-state index contributed by atoms with van der Waals surface area (Å²) in [6.45, 7) is 4.69. The number of likely N-dealkylation sites (tertiary alicyclic amines) is 1. The van der Waals surface area contributed by atoms with Crippen LogP contribution >= 0.6 is 11.3 Å². The summed E-state index contributed by atoms with van der Waals surface area (Å²) in [5, 5.41) is 12.3. The number of aromatic hydroxyl groups is 1. The van der Waals surface area contributed by atoms with Gasteiger partial charge < -0.3 is 24.2 Å². The second-order valence-corrected chi connectivity index (χ2v) is 13.8. The van der Waals surface area contributed by atoms with Crippen LogP contribution in [0.4, 0.5) is 0 Å². The highest BCUT2D eigenvalue weighted by Crippen LogP contribution is 2.78. The van der Waals surface area contributed by atoms with Crippen LogP contribution in [0.1, 0.15) is 48.6 Å². The Bertz CT molecular complexity index is 1400. The molecule has 1 saturated heterocycles. The third-order valence-corrected chi connectivity index (χ3v) is 12.4. The van der Waals surface area contributed by atoms with Gasteiger partial charge >= 0.3 is 0 Å². The highest BCUT2D eigenvalue weighted by Gasteiger charge is 2.82. The molecule has 9 rings (SSSR count). The molecule has 2 aliphatic heterocycles. The van der Waals surface area contributed by atoms with Crippen LogP contribution in [0.15, 0.2) is 42.5 Å². The van der Waals surface area contributed by atoms with E-state index in [9.17, 15) is 5.11 Å². The van der Waals surface area contributed by atoms with Crippen molar-refractivity contribution < 1.29 is 19.3 Å². The maximum Gasteiger partial charge on any atom is 0.165 e. The number of phenolic OH excluding ortho intramolecular Hbond substituents is 1. The minimum Gasteiger partial charge on any atom is -0.504 e. The summed E-state index contributed by atoms with van der Waals surface area (Å²) >= 11 is 1.82. The number of piperidine rings is 1. The molecule has 2 aromatic carbocycles. The summed E-state index contributed by atoms with van der Waals surface area (Å²) in [6, 6.07) is 15.3. The highest BCUT2D eigenvalue weighted by molar-refractivity contribution is 7.19. The van der Waals surface area contributed by atoms with Gasteiger partial charge in [0.05, 0.1) is 13.2 Å². The number of thiophene rings is 1. The molecular formula is C31H35NO4S. The van der Waals surface area contributed by atoms with Crippen LogP contribution in [-0.2, 0) is 27.9 Å². The van der Waals surface area contributed by atoms with E-state index in [0.29, 0.717) is 19.3 Å². The van der Waals surface area contributed by atoms with Gasteiger partial charge in [-0.3, -0.25) is 0 Å². The number of phenols is 1. The lowest BCUT2D eigenvalue weighted by Gasteiger charge is -2.76. The molecule has 0 amide bonds. The number of fused-ring (bicyclic) bond motifs is 3. The first kappa shape index (κ1) is 22.8. The fourth-order valence-corrected chi connectivity index (χ4v) is 10.9. The third kappa shape index (κ3) is 2.52. The zero-order valence-electron chi connectivity index (χ0n) is 21.9. The van der Waals surface area contributed by atoms with E-state index < -0.39 is 5.60 Å². The molecule has 4 fully saturated rings. The van der Waals surface area contributed by atoms with Gasteiger partial charge in [0.25, 0.3) is 0 Å². The van der Waals surface area contributed by atoms with Crippen molar-refractivity contribution in [3.8, 4) is 11.5 Å². The summed E-state index contributed by atoms with van der Waals surface area (Å²) in [4.78, 5) is 3.87. The number of nitrogens with zero attached hydrogens (tertiary/aromatic N) is 1. The lowest BCUT2D eigenvalue weighted by Crippen LogP contribution is -2.83. The van der Waals surface area contributed by atoms with Gasteiger partial charge in [-0.2, -0.15) is 0 Å². The molecule has 37 heavy (non-hydrogen) atoms. The van der Waals surface area contributed by atoms with E-state index in [1.165, 1.54) is 26.1 Å². The SMILES string of the molecule is COC12CC[C@@]3(C[C@]1(C)COCc1cc4ccccc4s1)[C@H]1Cc4ccc(O)c5c4C3(CCN1C)[C@H]2O5. The van der Waals surface area contributed by atoms with Crippen molar-refractivity contribution in [2.75, 3.05) is 27.3 Å². The molecule has 6 heteroatoms. The smallest absolute Gasteiger partial charge is 0.165 e. The second kappa shape index (κ2) is 7.29. The largest absolute Gasteiger partial charge is 0.504 e. The number of hydrogen-bond acceptors (Lipinski definition) is 6. The summed E-state index contributed by atoms with van der Waals surface area (Å²) in [5.74, 6) is 1.01. The molecule has 0 radical (unpaired) electrons. The van der Waals surface area contributed by atoms with Gasteiger partial charge in [0, 0.05) is 44.5 Å². The first-order valence-corrected chi connectivity index (χ1v) is 14.5. The molecule has 6 aliphatic rings. The molecule has 6 atom stereocenters. The second-order valence-electron chi connectivity index (χ2n) is 12.6. The number of hydrogen-bond donors (Lipinski definition) is 1. The van der Waals surface area contributed by atoms with Crippen LogP contribution in [0.25, 0.3) is 10.1 Å². The van der Waals surface area contributed by atoms with E-state index in [1.807, 2.05) is 24.5 Å². The average molecular weight is 518 g/mol. The van der Waals surface area contributed by atoms with Crippen molar-refractivity contribution in [1.29, 1.82) is 0 Å². The Hall–Kier alpha value is -2.12. The molecule has 4 aliphatic carbocycles. The van der Waals surface area contributed by atoms with Crippen LogP contribution in [0.5, 0.6) is 11.5 Å². The van der Waals surface area contributed by atoms with Crippen molar-refractivity contribution in [1.82, 2.24) is 4.90 Å². The van der Waals surface area contributed by atoms with Gasteiger partial charge in [-0.25, -0.2) is 0 Å². The standard InChI is InChI=1S/C31H35NO4S/c1-28(18-35-16-21-14-19-6-4-5-7-23(19)37-21)17-29-10-11-31(28,34-3)27-30(29)12-13-32(2)24(29)15-20-8-9-22(33)26(36-27)25(20)30/h4-9,14,24,27,33H,10-13,15-18H2,1-3H3/t24-,27-,28-,29-,30?,31?/m1/s1. The fraction of sp³-hybridized carbons (Fsp3) is 0.548. The lowest BCUT2D eigenvalue weighted by molar-refractivity contribution is -0.313. The Morgan fingerprint density at radius 3 is 2.86 bits per heavy atom. The zero-order valence-corrected chi connectivity index (χ0v) is 22.7. The van der Waals surface area contributed by atoms with Crippen LogP contribution in [0, 0.1) is 10.8 Å². The van der Waals surface area contributed by atoms with Crippen molar-refractivity contribution in [2.45, 2.75) is 68.8 Å². The van der Waals surface area contributed by atoms with Gasteiger partial charge in [-0.1, -0.05) is 31.2 Å². The van der Waals surface area contributed by atoms with Crippen molar-refractivity contribution in [3.05, 3.63) is 58.5 Å². The summed E-state index contributed by atoms with van der Waals surface area (Å²) in [5.41, 5.74) is 1.99. The molecule has 2 unspecified atom stereocenters. The molecule has 194 valence electrons. The number of rotatable bonds is 5. The Morgan fingerprint density at radius 2 is 2.03 bits per heavy atom. The minimum absolute atomic E-state index is 0.0900. The average Bonchev–Trinajstić information content (AvgIpc) is 3.47. The number of methoxy groups -OCH3 is 1. The van der Waals surface area contributed by atoms with Gasteiger partial charge in [-0.15, -0.1) is 11.3 Å². The fourth-order valence-electron chi connectivity index (χ4n) is 9.91. The van der Waals surface area contributed by atoms with E-state index >= 15 is 0 Å². The van der Waals surface area contributed by atoms with Crippen LogP contribution < -0.4 is 4.74 Å². The highest BCUT2D eigenvalue weighted by atomic mass is 32.1. The van der Waals surface area contributed by atoms with E-state index in [-0.39, 0.29) is 28.1 Å². The van der Waals surface area contributed by atoms with Gasteiger partial charge in [-0.05, 0) is 74.8 Å². The van der Waals surface area contributed by atoms with E-state index in [1.54, 1.807) is 0 Å². The molecule has 1 aromatic heterocycles. The Kier molecular flexibility index (Phi) is 4.50. The molecule has 3 heterocycles. The minimum atomic E-state index is -0.463. The summed E-state index contributed by atoms with van der Waals surface area (Å²) in [7, 11) is 4.19. The monoisotopic (exact) mass is 517 g/mol. The molecule has 1 N–H and O–H groups in total. The Balaban J connectivity index is 1.21. The number of likely N-dealkylation sites (N-methyl/N-ethyl adjacent to an activating group) is 1. The van der Waals surface area contributed by atoms with Gasteiger partial charge in [0.2, 0.25) is 0 Å². The maximum absolute atomic E-state index is 11.0. The summed E-state index contributed by atoms with van der Waals surface area (Å²) < 4.78 is 21.5. The molecule has 2 spiro atoms. The molecule has 4 bridgehead atoms. The first-order valence-electron chi connectivity index (χ1n) is 13.7. The Morgan fingerprint density at radius 1 is 1.16 bits per heavy atom. The van der Waals surface area contributed by atoms with Crippen molar-refractivity contribution in [2.24, 2.45) is 10.8 Å². The zero-order chi connectivity index (χ0) is 25.2. The van der Waals surface area contributed by atoms with Gasteiger partial charge in [0.1, 0.15) is 11.7 Å². The molecular weight excluding hydrogens is 482 g/mol. The van der Waals surface area contributed by atoms with Crippen LogP contribution in [0.2, 0.25) is 0 Å². The van der Waals surface area contributed by atoms with Crippen LogP contribution in [-0.4, -0.2) is 55.1 Å². The number of benzene rings is 2. The van der Waals surface area contributed by atoms with Crippen molar-refractivity contribution >= 4 is 21.4 Å². The predicted octanol–water partition coefficient (Wildman–Crippen LogP) is 5.66. The van der Waals surface area contributed by atoms with Gasteiger partial charge in [0.15, 0.2) is 11.5 Å². The molecule has 3 aromatic rings. The van der Waals surface area contributed by atoms with Crippen molar-refractivity contribution in [3.63, 3.8) is 0 Å². The Labute approximate surface area is 222 Å². The van der Waals surface area contributed by atoms with E-state index in [2.05, 4.69) is 55.3 Å².